The first-order valence-corrected chi connectivity index (χ1v) is 9.36. The maximum atomic E-state index is 12.5. The molecule has 0 spiro atoms. The van der Waals surface area contributed by atoms with Gasteiger partial charge in [0.05, 0.1) is 11.4 Å². The summed E-state index contributed by atoms with van der Waals surface area (Å²) in [6.45, 7) is 2.29. The average molecular weight is 381 g/mol. The zero-order valence-corrected chi connectivity index (χ0v) is 15.5. The Balaban J connectivity index is 1.81. The number of amides is 1. The van der Waals surface area contributed by atoms with Crippen molar-refractivity contribution in [1.29, 1.82) is 0 Å². The summed E-state index contributed by atoms with van der Waals surface area (Å²) in [5.74, 6) is -0.270. The second kappa shape index (κ2) is 8.57. The number of anilines is 2. The van der Waals surface area contributed by atoms with Crippen LogP contribution in [-0.4, -0.2) is 19.7 Å². The molecule has 3 aromatic rings. The van der Waals surface area contributed by atoms with Crippen molar-refractivity contribution >= 4 is 28.5 Å². The van der Waals surface area contributed by atoms with E-state index in [2.05, 4.69) is 10.3 Å². The molecule has 1 unspecified atom stereocenters. The van der Waals surface area contributed by atoms with Gasteiger partial charge in [-0.2, -0.15) is 0 Å². The molecule has 0 aliphatic rings. The summed E-state index contributed by atoms with van der Waals surface area (Å²) >= 11 is -2.27. The summed E-state index contributed by atoms with van der Waals surface area (Å²) in [4.78, 5) is 16.5. The van der Waals surface area contributed by atoms with E-state index in [4.69, 9.17) is 0 Å². The number of rotatable bonds is 6. The first kappa shape index (κ1) is 18.8. The van der Waals surface area contributed by atoms with Crippen LogP contribution in [0.1, 0.15) is 21.5 Å². The number of nitrogens with zero attached hydrogens (tertiary/aromatic N) is 2. The van der Waals surface area contributed by atoms with Gasteiger partial charge in [-0.15, -0.1) is 0 Å². The molecule has 3 rings (SSSR count). The van der Waals surface area contributed by atoms with Crippen LogP contribution in [0.15, 0.2) is 73.1 Å². The van der Waals surface area contributed by atoms with Gasteiger partial charge in [0.1, 0.15) is 0 Å². The molecule has 1 heterocycles. The van der Waals surface area contributed by atoms with Crippen LogP contribution in [0.5, 0.6) is 0 Å². The van der Waals surface area contributed by atoms with Crippen LogP contribution >= 0.6 is 0 Å². The summed E-state index contributed by atoms with van der Waals surface area (Å²) in [7, 11) is 0. The van der Waals surface area contributed by atoms with Crippen LogP contribution in [0.2, 0.25) is 0 Å². The van der Waals surface area contributed by atoms with E-state index in [9.17, 15) is 13.6 Å². The van der Waals surface area contributed by atoms with Crippen LogP contribution in [-0.2, 0) is 17.8 Å². The van der Waals surface area contributed by atoms with E-state index in [1.54, 1.807) is 54.9 Å². The van der Waals surface area contributed by atoms with E-state index in [0.717, 1.165) is 11.1 Å². The van der Waals surface area contributed by atoms with E-state index in [0.29, 0.717) is 23.5 Å². The number of hydrogen-bond donors (Lipinski definition) is 2. The van der Waals surface area contributed by atoms with E-state index in [-0.39, 0.29) is 5.91 Å². The monoisotopic (exact) mass is 381 g/mol. The van der Waals surface area contributed by atoms with Crippen LogP contribution in [0.3, 0.4) is 0 Å². The van der Waals surface area contributed by atoms with Gasteiger partial charge in [-0.25, -0.2) is 8.51 Å². The maximum Gasteiger partial charge on any atom is 0.266 e. The van der Waals surface area contributed by atoms with Crippen LogP contribution in [0.25, 0.3) is 0 Å². The quantitative estimate of drug-likeness (QED) is 0.639. The number of benzene rings is 2. The summed E-state index contributed by atoms with van der Waals surface area (Å²) < 4.78 is 22.9. The van der Waals surface area contributed by atoms with Crippen molar-refractivity contribution in [2.75, 3.05) is 4.31 Å². The first-order chi connectivity index (χ1) is 13.0. The van der Waals surface area contributed by atoms with Gasteiger partial charge in [-0.3, -0.25) is 14.3 Å². The number of carbonyl (C=O) groups is 1. The Hall–Kier alpha value is -3.03. The van der Waals surface area contributed by atoms with Gasteiger partial charge in [0, 0.05) is 24.5 Å². The number of aromatic nitrogens is 1. The minimum atomic E-state index is -2.27. The van der Waals surface area contributed by atoms with Gasteiger partial charge in [0.2, 0.25) is 0 Å². The van der Waals surface area contributed by atoms with Crippen molar-refractivity contribution in [2.45, 2.75) is 13.5 Å². The molecule has 1 atom stereocenters. The van der Waals surface area contributed by atoms with E-state index in [1.165, 1.54) is 4.31 Å². The maximum absolute atomic E-state index is 12.5. The minimum absolute atomic E-state index is 0.270. The van der Waals surface area contributed by atoms with Crippen molar-refractivity contribution in [2.24, 2.45) is 0 Å². The molecule has 0 fully saturated rings. The molecule has 0 radical (unpaired) electrons. The third-order valence-corrected chi connectivity index (χ3v) is 4.68. The van der Waals surface area contributed by atoms with E-state index >= 15 is 0 Å². The molecule has 1 aromatic heterocycles. The summed E-state index contributed by atoms with van der Waals surface area (Å²) in [6.07, 6.45) is 3.36. The lowest BCUT2D eigenvalue weighted by Crippen LogP contribution is -2.24. The zero-order chi connectivity index (χ0) is 19.2. The fourth-order valence-electron chi connectivity index (χ4n) is 2.57. The highest BCUT2D eigenvalue weighted by atomic mass is 32.2. The summed E-state index contributed by atoms with van der Waals surface area (Å²) in [6, 6.07) is 17.5. The fourth-order valence-corrected chi connectivity index (χ4v) is 3.17. The minimum Gasteiger partial charge on any atom is -0.348 e. The van der Waals surface area contributed by atoms with E-state index < -0.39 is 11.3 Å². The SMILES string of the molecule is Cc1ccc(N(c2cccc(C(=O)NCc3cccnc3)c2)S(=O)O)cc1. The topological polar surface area (TPSA) is 82.5 Å². The highest BCUT2D eigenvalue weighted by Crippen LogP contribution is 2.27. The van der Waals surface area contributed by atoms with Gasteiger partial charge in [0.25, 0.3) is 17.2 Å². The lowest BCUT2D eigenvalue weighted by Gasteiger charge is -2.20. The highest BCUT2D eigenvalue weighted by molar-refractivity contribution is 7.81. The predicted molar refractivity (Wildman–Crippen MR) is 106 cm³/mol. The van der Waals surface area contributed by atoms with Crippen LogP contribution in [0, 0.1) is 6.92 Å². The van der Waals surface area contributed by atoms with Gasteiger partial charge < -0.3 is 5.32 Å². The molecule has 0 aliphatic carbocycles. The molecular formula is C20H19N3O3S. The standard InChI is InChI=1S/C20H19N3O3S/c1-15-7-9-18(10-8-15)23(27(25)26)19-6-2-5-17(12-19)20(24)22-14-16-4-3-11-21-13-16/h2-13H,14H2,1H3,(H,22,24)(H,25,26). The number of hydrogen-bond acceptors (Lipinski definition) is 3. The zero-order valence-electron chi connectivity index (χ0n) is 14.7. The molecule has 138 valence electrons. The molecule has 7 heteroatoms. The molecule has 2 aromatic carbocycles. The Bertz CT molecular complexity index is 946. The van der Waals surface area contributed by atoms with Crippen LogP contribution < -0.4 is 9.62 Å². The van der Waals surface area contributed by atoms with Crippen molar-refractivity contribution in [3.05, 3.63) is 89.7 Å². The number of nitrogens with one attached hydrogen (secondary N) is 1. The fraction of sp³-hybridized carbons (Fsp3) is 0.100. The highest BCUT2D eigenvalue weighted by Gasteiger charge is 2.16. The third-order valence-electron chi connectivity index (χ3n) is 3.94. The molecule has 6 nitrogen and oxygen atoms in total. The number of carbonyl (C=O) groups excluding carboxylic acids is 1. The molecular weight excluding hydrogens is 362 g/mol. The molecule has 0 saturated carbocycles. The van der Waals surface area contributed by atoms with Gasteiger partial charge in [-0.05, 0) is 48.9 Å². The number of aryl methyl sites for hydroxylation is 1. The molecule has 0 saturated heterocycles. The van der Waals surface area contributed by atoms with Gasteiger partial charge >= 0.3 is 0 Å². The predicted octanol–water partition coefficient (Wildman–Crippen LogP) is 3.59. The van der Waals surface area contributed by atoms with Crippen LogP contribution in [0.4, 0.5) is 11.4 Å². The molecule has 27 heavy (non-hydrogen) atoms. The van der Waals surface area contributed by atoms with Crippen molar-refractivity contribution in [1.82, 2.24) is 10.3 Å². The Morgan fingerprint density at radius 3 is 2.56 bits per heavy atom. The molecule has 0 aliphatic heterocycles. The molecule has 2 N–H and O–H groups in total. The molecule has 0 bridgehead atoms. The third kappa shape index (κ3) is 4.78. The lowest BCUT2D eigenvalue weighted by atomic mass is 10.1. The Labute approximate surface area is 160 Å². The molecule has 1 amide bonds. The normalized spacial score (nSPS) is 11.6. The van der Waals surface area contributed by atoms with Gasteiger partial charge in [0.15, 0.2) is 0 Å². The number of pyridine rings is 1. The summed E-state index contributed by atoms with van der Waals surface area (Å²) in [5.41, 5.74) is 3.35. The Morgan fingerprint density at radius 2 is 1.89 bits per heavy atom. The lowest BCUT2D eigenvalue weighted by molar-refractivity contribution is 0.0951. The average Bonchev–Trinajstić information content (AvgIpc) is 2.68. The van der Waals surface area contributed by atoms with Crippen molar-refractivity contribution in [3.63, 3.8) is 0 Å². The Morgan fingerprint density at radius 1 is 1.11 bits per heavy atom. The Kier molecular flexibility index (Phi) is 5.95. The second-order valence-electron chi connectivity index (χ2n) is 5.95. The first-order valence-electron chi connectivity index (χ1n) is 8.29. The van der Waals surface area contributed by atoms with Crippen molar-refractivity contribution < 1.29 is 13.6 Å². The van der Waals surface area contributed by atoms with Gasteiger partial charge in [-0.1, -0.05) is 29.8 Å². The van der Waals surface area contributed by atoms with E-state index in [1.807, 2.05) is 25.1 Å². The second-order valence-corrected chi connectivity index (χ2v) is 6.78. The summed E-state index contributed by atoms with van der Waals surface area (Å²) in [5, 5.41) is 2.82. The largest absolute Gasteiger partial charge is 0.348 e. The smallest absolute Gasteiger partial charge is 0.266 e. The van der Waals surface area contributed by atoms with Crippen molar-refractivity contribution in [3.8, 4) is 0 Å².